The molecule has 2 aromatic carbocycles. The Morgan fingerprint density at radius 3 is 2.58 bits per heavy atom. The number of amides is 2. The quantitative estimate of drug-likeness (QED) is 0.685. The highest BCUT2D eigenvalue weighted by Crippen LogP contribution is 2.32. The molecule has 1 heterocycles. The van der Waals surface area contributed by atoms with Crippen LogP contribution in [0.25, 0.3) is 0 Å². The average molecular weight is 439 g/mol. The summed E-state index contributed by atoms with van der Waals surface area (Å²) >= 11 is 1.58. The Labute approximate surface area is 190 Å². The van der Waals surface area contributed by atoms with Gasteiger partial charge in [-0.05, 0) is 55.7 Å². The average Bonchev–Trinajstić information content (AvgIpc) is 2.76. The monoisotopic (exact) mass is 438 g/mol. The zero-order valence-corrected chi connectivity index (χ0v) is 19.7. The molecule has 1 aliphatic rings. The number of hydrogen-bond acceptors (Lipinski definition) is 3. The second-order valence-electron chi connectivity index (χ2n) is 8.93. The van der Waals surface area contributed by atoms with E-state index < -0.39 is 5.54 Å². The van der Waals surface area contributed by atoms with Gasteiger partial charge < -0.3 is 10.2 Å². The van der Waals surface area contributed by atoms with Crippen molar-refractivity contribution in [1.82, 2.24) is 10.2 Å². The highest BCUT2D eigenvalue weighted by molar-refractivity contribution is 8.00. The smallest absolute Gasteiger partial charge is 0.245 e. The Balaban J connectivity index is 1.90. The van der Waals surface area contributed by atoms with Crippen molar-refractivity contribution in [3.63, 3.8) is 0 Å². The number of thioether (sulfide) groups is 1. The maximum atomic E-state index is 13.5. The number of nitrogens with one attached hydrogen (secondary N) is 1. The molecule has 2 amide bonds. The first-order valence-electron chi connectivity index (χ1n) is 11.2. The molecule has 1 N–H and O–H groups in total. The molecule has 4 nitrogen and oxygen atoms in total. The first-order valence-corrected chi connectivity index (χ1v) is 12.2. The van der Waals surface area contributed by atoms with Crippen molar-refractivity contribution >= 4 is 23.6 Å². The summed E-state index contributed by atoms with van der Waals surface area (Å²) in [6.07, 6.45) is 3.32. The molecule has 1 atom stereocenters. The molecule has 0 aliphatic carbocycles. The third-order valence-corrected chi connectivity index (χ3v) is 7.11. The Hall–Kier alpha value is -2.27. The molecule has 2 aromatic rings. The van der Waals surface area contributed by atoms with Gasteiger partial charge in [-0.2, -0.15) is 0 Å². The lowest BCUT2D eigenvalue weighted by Gasteiger charge is -2.41. The van der Waals surface area contributed by atoms with Crippen LogP contribution in [0.2, 0.25) is 0 Å². The van der Waals surface area contributed by atoms with Gasteiger partial charge in [-0.15, -0.1) is 11.8 Å². The lowest BCUT2D eigenvalue weighted by atomic mass is 9.89. The number of hydrogen-bond donors (Lipinski definition) is 1. The molecule has 166 valence electrons. The predicted molar refractivity (Wildman–Crippen MR) is 128 cm³/mol. The van der Waals surface area contributed by atoms with Gasteiger partial charge in [-0.25, -0.2) is 0 Å². The Kier molecular flexibility index (Phi) is 8.19. The zero-order chi connectivity index (χ0) is 22.3. The van der Waals surface area contributed by atoms with Crippen molar-refractivity contribution in [2.24, 2.45) is 5.92 Å². The maximum Gasteiger partial charge on any atom is 0.245 e. The largest absolute Gasteiger partial charge is 0.354 e. The standard InChI is InChI=1S/C26H34N2O2S/c1-20(2)15-17-27-25(30)26(3)16-9-13-22-12-7-8-14-23(22)31-19-24(29)28(26)18-21-10-5-4-6-11-21/h4-8,10-12,14,20H,9,13,15-19H2,1-3H3,(H,27,30). The van der Waals surface area contributed by atoms with Gasteiger partial charge in [-0.1, -0.05) is 62.4 Å². The highest BCUT2D eigenvalue weighted by Gasteiger charge is 2.41. The van der Waals surface area contributed by atoms with Crippen LogP contribution in [0, 0.1) is 5.92 Å². The number of nitrogens with zero attached hydrogens (tertiary/aromatic N) is 1. The van der Waals surface area contributed by atoms with Gasteiger partial charge in [0.1, 0.15) is 5.54 Å². The van der Waals surface area contributed by atoms with E-state index in [1.807, 2.05) is 54.3 Å². The predicted octanol–water partition coefficient (Wildman–Crippen LogP) is 5.06. The van der Waals surface area contributed by atoms with Crippen LogP contribution < -0.4 is 5.32 Å². The van der Waals surface area contributed by atoms with Gasteiger partial charge >= 0.3 is 0 Å². The van der Waals surface area contributed by atoms with E-state index in [4.69, 9.17) is 0 Å². The summed E-state index contributed by atoms with van der Waals surface area (Å²) in [5.41, 5.74) is 1.43. The van der Waals surface area contributed by atoms with Gasteiger partial charge in [0.2, 0.25) is 11.8 Å². The normalized spacial score (nSPS) is 19.7. The fraction of sp³-hybridized carbons (Fsp3) is 0.462. The molecule has 0 bridgehead atoms. The Morgan fingerprint density at radius 2 is 1.84 bits per heavy atom. The minimum Gasteiger partial charge on any atom is -0.354 e. The number of aryl methyl sites for hydroxylation is 1. The van der Waals surface area contributed by atoms with Crippen molar-refractivity contribution in [3.8, 4) is 0 Å². The second kappa shape index (κ2) is 10.9. The molecule has 3 rings (SSSR count). The fourth-order valence-corrected chi connectivity index (χ4v) is 5.00. The van der Waals surface area contributed by atoms with Crippen LogP contribution in [0.5, 0.6) is 0 Å². The van der Waals surface area contributed by atoms with Crippen LogP contribution in [-0.2, 0) is 22.6 Å². The van der Waals surface area contributed by atoms with Gasteiger partial charge in [0.25, 0.3) is 0 Å². The third-order valence-electron chi connectivity index (χ3n) is 6.01. The van der Waals surface area contributed by atoms with Crippen molar-refractivity contribution in [2.75, 3.05) is 12.3 Å². The lowest BCUT2D eigenvalue weighted by molar-refractivity contribution is -0.146. The molecule has 0 saturated carbocycles. The minimum absolute atomic E-state index is 0.00654. The van der Waals surface area contributed by atoms with Crippen LogP contribution >= 0.6 is 11.8 Å². The van der Waals surface area contributed by atoms with E-state index >= 15 is 0 Å². The number of rotatable bonds is 6. The second-order valence-corrected chi connectivity index (χ2v) is 9.94. The van der Waals surface area contributed by atoms with E-state index in [1.165, 1.54) is 10.5 Å². The first kappa shape index (κ1) is 23.4. The lowest BCUT2D eigenvalue weighted by Crippen LogP contribution is -2.59. The van der Waals surface area contributed by atoms with E-state index in [9.17, 15) is 9.59 Å². The van der Waals surface area contributed by atoms with E-state index in [2.05, 4.69) is 31.3 Å². The highest BCUT2D eigenvalue weighted by atomic mass is 32.2. The summed E-state index contributed by atoms with van der Waals surface area (Å²) in [4.78, 5) is 29.9. The topological polar surface area (TPSA) is 49.4 Å². The Bertz CT molecular complexity index is 884. The summed E-state index contributed by atoms with van der Waals surface area (Å²) in [6.45, 7) is 7.32. The summed E-state index contributed by atoms with van der Waals surface area (Å²) in [7, 11) is 0. The molecule has 1 aliphatic heterocycles. The van der Waals surface area contributed by atoms with E-state index in [0.29, 0.717) is 31.2 Å². The molecule has 0 fully saturated rings. The molecule has 5 heteroatoms. The van der Waals surface area contributed by atoms with Crippen LogP contribution in [0.15, 0.2) is 59.5 Å². The van der Waals surface area contributed by atoms with Crippen molar-refractivity contribution in [2.45, 2.75) is 63.4 Å². The zero-order valence-electron chi connectivity index (χ0n) is 18.9. The van der Waals surface area contributed by atoms with Crippen molar-refractivity contribution < 1.29 is 9.59 Å². The number of carbonyl (C=O) groups excluding carboxylic acids is 2. The van der Waals surface area contributed by atoms with Gasteiger partial charge in [0, 0.05) is 18.0 Å². The molecule has 0 saturated heterocycles. The van der Waals surface area contributed by atoms with Crippen LogP contribution in [-0.4, -0.2) is 34.6 Å². The molecule has 1 unspecified atom stereocenters. The van der Waals surface area contributed by atoms with Crippen molar-refractivity contribution in [1.29, 1.82) is 0 Å². The number of fused-ring (bicyclic) bond motifs is 1. The molecule has 0 spiro atoms. The van der Waals surface area contributed by atoms with Gasteiger partial charge in [0.05, 0.1) is 5.75 Å². The number of carbonyl (C=O) groups is 2. The van der Waals surface area contributed by atoms with Crippen molar-refractivity contribution in [3.05, 3.63) is 65.7 Å². The maximum absolute atomic E-state index is 13.5. The fourth-order valence-electron chi connectivity index (χ4n) is 4.03. The Morgan fingerprint density at radius 1 is 1.13 bits per heavy atom. The number of benzene rings is 2. The van der Waals surface area contributed by atoms with E-state index in [1.54, 1.807) is 11.8 Å². The van der Waals surface area contributed by atoms with Gasteiger partial charge in [0.15, 0.2) is 0 Å². The van der Waals surface area contributed by atoms with E-state index in [0.717, 1.165) is 24.8 Å². The molecule has 31 heavy (non-hydrogen) atoms. The summed E-state index contributed by atoms with van der Waals surface area (Å²) in [6, 6.07) is 18.3. The van der Waals surface area contributed by atoms with Crippen LogP contribution in [0.3, 0.4) is 0 Å². The first-order chi connectivity index (χ1) is 14.9. The summed E-state index contributed by atoms with van der Waals surface area (Å²) in [5.74, 6) is 0.814. The molecule has 0 radical (unpaired) electrons. The summed E-state index contributed by atoms with van der Waals surface area (Å²) in [5, 5.41) is 3.12. The van der Waals surface area contributed by atoms with Crippen LogP contribution in [0.4, 0.5) is 0 Å². The molecular weight excluding hydrogens is 404 g/mol. The third kappa shape index (κ3) is 6.13. The molecular formula is C26H34N2O2S. The summed E-state index contributed by atoms with van der Waals surface area (Å²) < 4.78 is 0. The van der Waals surface area contributed by atoms with Gasteiger partial charge in [-0.3, -0.25) is 9.59 Å². The SMILES string of the molecule is CC(C)CCNC(=O)C1(C)CCCc2ccccc2SCC(=O)N1Cc1ccccc1. The minimum atomic E-state index is -0.878. The van der Waals surface area contributed by atoms with Crippen LogP contribution in [0.1, 0.15) is 51.2 Å². The molecule has 0 aromatic heterocycles. The van der Waals surface area contributed by atoms with E-state index in [-0.39, 0.29) is 11.8 Å².